The second kappa shape index (κ2) is 7.82. The SMILES string of the molecule is CCn1cc(CC(CCC(=O)O)NC(=O)OC(C)(C)C)cn1. The van der Waals surface area contributed by atoms with E-state index in [0.29, 0.717) is 12.8 Å². The number of hydrogen-bond donors (Lipinski definition) is 2. The van der Waals surface area contributed by atoms with Crippen LogP contribution in [0.25, 0.3) is 0 Å². The summed E-state index contributed by atoms with van der Waals surface area (Å²) in [7, 11) is 0. The lowest BCUT2D eigenvalue weighted by atomic mass is 10.0. The van der Waals surface area contributed by atoms with E-state index in [1.54, 1.807) is 31.6 Å². The average molecular weight is 311 g/mol. The van der Waals surface area contributed by atoms with Crippen molar-refractivity contribution in [3.05, 3.63) is 18.0 Å². The van der Waals surface area contributed by atoms with Crippen molar-refractivity contribution in [2.75, 3.05) is 0 Å². The van der Waals surface area contributed by atoms with Crippen LogP contribution in [-0.2, 0) is 22.5 Å². The number of nitrogens with one attached hydrogen (secondary N) is 1. The van der Waals surface area contributed by atoms with Gasteiger partial charge in [-0.2, -0.15) is 5.10 Å². The van der Waals surface area contributed by atoms with Crippen LogP contribution in [0.15, 0.2) is 12.4 Å². The smallest absolute Gasteiger partial charge is 0.407 e. The molecule has 1 atom stereocenters. The molecule has 7 nitrogen and oxygen atoms in total. The van der Waals surface area contributed by atoms with E-state index in [1.165, 1.54) is 0 Å². The maximum absolute atomic E-state index is 11.9. The number of aryl methyl sites for hydroxylation is 1. The van der Waals surface area contributed by atoms with Crippen LogP contribution in [0.4, 0.5) is 4.79 Å². The number of amides is 1. The molecule has 0 aliphatic carbocycles. The van der Waals surface area contributed by atoms with Crippen molar-refractivity contribution in [1.29, 1.82) is 0 Å². The molecule has 1 unspecified atom stereocenters. The molecule has 0 aromatic carbocycles. The van der Waals surface area contributed by atoms with Gasteiger partial charge in [-0.3, -0.25) is 9.48 Å². The van der Waals surface area contributed by atoms with Crippen LogP contribution >= 0.6 is 0 Å². The van der Waals surface area contributed by atoms with Gasteiger partial charge in [-0.1, -0.05) is 0 Å². The lowest BCUT2D eigenvalue weighted by molar-refractivity contribution is -0.137. The Kier molecular flexibility index (Phi) is 6.39. The predicted molar refractivity (Wildman–Crippen MR) is 81.6 cm³/mol. The summed E-state index contributed by atoms with van der Waals surface area (Å²) < 4.78 is 7.01. The van der Waals surface area contributed by atoms with Gasteiger partial charge in [0.05, 0.1) is 6.20 Å². The van der Waals surface area contributed by atoms with E-state index in [4.69, 9.17) is 9.84 Å². The van der Waals surface area contributed by atoms with Gasteiger partial charge in [-0.05, 0) is 46.1 Å². The molecule has 1 amide bonds. The van der Waals surface area contributed by atoms with Crippen LogP contribution in [0.5, 0.6) is 0 Å². The Morgan fingerprint density at radius 3 is 2.64 bits per heavy atom. The van der Waals surface area contributed by atoms with Crippen LogP contribution in [0.1, 0.15) is 46.1 Å². The highest BCUT2D eigenvalue weighted by Gasteiger charge is 2.20. The summed E-state index contributed by atoms with van der Waals surface area (Å²) in [6.07, 6.45) is 3.94. The first kappa shape index (κ1) is 18.0. The Bertz CT molecular complexity index is 505. The van der Waals surface area contributed by atoms with Crippen molar-refractivity contribution in [3.8, 4) is 0 Å². The van der Waals surface area contributed by atoms with Gasteiger partial charge in [0.2, 0.25) is 0 Å². The Balaban J connectivity index is 2.66. The summed E-state index contributed by atoms with van der Waals surface area (Å²) in [6, 6.07) is -0.305. The molecular weight excluding hydrogens is 286 g/mol. The number of aromatic nitrogens is 2. The summed E-state index contributed by atoms with van der Waals surface area (Å²) in [6.45, 7) is 8.09. The van der Waals surface area contributed by atoms with E-state index < -0.39 is 17.7 Å². The summed E-state index contributed by atoms with van der Waals surface area (Å²) in [4.78, 5) is 22.6. The number of aliphatic carboxylic acids is 1. The zero-order chi connectivity index (χ0) is 16.8. The molecule has 0 fully saturated rings. The highest BCUT2D eigenvalue weighted by atomic mass is 16.6. The van der Waals surface area contributed by atoms with Crippen molar-refractivity contribution in [2.45, 2.75) is 65.1 Å². The van der Waals surface area contributed by atoms with Crippen molar-refractivity contribution < 1.29 is 19.4 Å². The average Bonchev–Trinajstić information content (AvgIpc) is 2.81. The number of carbonyl (C=O) groups is 2. The lowest BCUT2D eigenvalue weighted by Gasteiger charge is -2.23. The number of rotatable bonds is 7. The molecule has 22 heavy (non-hydrogen) atoms. The van der Waals surface area contributed by atoms with Crippen LogP contribution in [0.3, 0.4) is 0 Å². The third-order valence-electron chi connectivity index (χ3n) is 2.92. The molecule has 1 rings (SSSR count). The van der Waals surface area contributed by atoms with Gasteiger partial charge < -0.3 is 15.2 Å². The third kappa shape index (κ3) is 7.10. The molecule has 1 aromatic heterocycles. The van der Waals surface area contributed by atoms with Gasteiger partial charge in [-0.25, -0.2) is 4.79 Å². The molecule has 0 spiro atoms. The van der Waals surface area contributed by atoms with Gasteiger partial charge in [-0.15, -0.1) is 0 Å². The highest BCUT2D eigenvalue weighted by Crippen LogP contribution is 2.11. The zero-order valence-corrected chi connectivity index (χ0v) is 13.6. The summed E-state index contributed by atoms with van der Waals surface area (Å²) in [5.74, 6) is -0.889. The Morgan fingerprint density at radius 1 is 1.45 bits per heavy atom. The van der Waals surface area contributed by atoms with Gasteiger partial charge in [0.15, 0.2) is 0 Å². The van der Waals surface area contributed by atoms with Crippen molar-refractivity contribution in [3.63, 3.8) is 0 Å². The minimum absolute atomic E-state index is 0.0115. The summed E-state index contributed by atoms with van der Waals surface area (Å²) in [5, 5.41) is 15.8. The van der Waals surface area contributed by atoms with Crippen molar-refractivity contribution in [1.82, 2.24) is 15.1 Å². The number of hydrogen-bond acceptors (Lipinski definition) is 4. The zero-order valence-electron chi connectivity index (χ0n) is 13.6. The first-order valence-electron chi connectivity index (χ1n) is 7.42. The van der Waals surface area contributed by atoms with Gasteiger partial charge in [0.25, 0.3) is 0 Å². The van der Waals surface area contributed by atoms with E-state index >= 15 is 0 Å². The fraction of sp³-hybridized carbons (Fsp3) is 0.667. The molecule has 0 aliphatic rings. The monoisotopic (exact) mass is 311 g/mol. The maximum Gasteiger partial charge on any atom is 0.407 e. The van der Waals surface area contributed by atoms with Crippen molar-refractivity contribution >= 4 is 12.1 Å². The van der Waals surface area contributed by atoms with E-state index in [2.05, 4.69) is 10.4 Å². The van der Waals surface area contributed by atoms with Gasteiger partial charge >= 0.3 is 12.1 Å². The number of ether oxygens (including phenoxy) is 1. The van der Waals surface area contributed by atoms with Crippen LogP contribution < -0.4 is 5.32 Å². The summed E-state index contributed by atoms with van der Waals surface area (Å²) in [5.41, 5.74) is 0.363. The van der Waals surface area contributed by atoms with E-state index in [1.807, 2.05) is 13.1 Å². The minimum atomic E-state index is -0.889. The number of carboxylic acids is 1. The number of carboxylic acid groups (broad SMARTS) is 1. The molecule has 0 saturated carbocycles. The molecular formula is C15H25N3O4. The molecule has 124 valence electrons. The maximum atomic E-state index is 11.9. The Labute approximate surface area is 130 Å². The van der Waals surface area contributed by atoms with E-state index in [-0.39, 0.29) is 12.5 Å². The molecule has 0 aliphatic heterocycles. The highest BCUT2D eigenvalue weighted by molar-refractivity contribution is 5.69. The van der Waals surface area contributed by atoms with Gasteiger partial charge in [0.1, 0.15) is 5.60 Å². The van der Waals surface area contributed by atoms with Gasteiger partial charge in [0, 0.05) is 25.2 Å². The minimum Gasteiger partial charge on any atom is -0.481 e. The topological polar surface area (TPSA) is 93.5 Å². The molecule has 0 saturated heterocycles. The van der Waals surface area contributed by atoms with E-state index in [0.717, 1.165) is 12.1 Å². The second-order valence-electron chi connectivity index (χ2n) is 6.18. The molecule has 1 aromatic rings. The largest absolute Gasteiger partial charge is 0.481 e. The van der Waals surface area contributed by atoms with E-state index in [9.17, 15) is 9.59 Å². The van der Waals surface area contributed by atoms with Crippen LogP contribution in [0, 0.1) is 0 Å². The first-order valence-corrected chi connectivity index (χ1v) is 7.42. The lowest BCUT2D eigenvalue weighted by Crippen LogP contribution is -2.40. The predicted octanol–water partition coefficient (Wildman–Crippen LogP) is 2.20. The third-order valence-corrected chi connectivity index (χ3v) is 2.92. The fourth-order valence-electron chi connectivity index (χ4n) is 1.97. The normalized spacial score (nSPS) is 12.7. The molecule has 2 N–H and O–H groups in total. The standard InChI is InChI=1S/C15H25N3O4/c1-5-18-10-11(9-16-18)8-12(6-7-13(19)20)17-14(21)22-15(2,3)4/h9-10,12H,5-8H2,1-4H3,(H,17,21)(H,19,20). The van der Waals surface area contributed by atoms with Crippen LogP contribution in [0.2, 0.25) is 0 Å². The molecule has 1 heterocycles. The Hall–Kier alpha value is -2.05. The molecule has 0 bridgehead atoms. The fourth-order valence-corrected chi connectivity index (χ4v) is 1.97. The molecule has 0 radical (unpaired) electrons. The Morgan fingerprint density at radius 2 is 2.14 bits per heavy atom. The number of nitrogens with zero attached hydrogens (tertiary/aromatic N) is 2. The quantitative estimate of drug-likeness (QED) is 0.805. The van der Waals surface area contributed by atoms with Crippen molar-refractivity contribution in [2.24, 2.45) is 0 Å². The second-order valence-corrected chi connectivity index (χ2v) is 6.18. The number of carbonyl (C=O) groups excluding carboxylic acids is 1. The first-order chi connectivity index (χ1) is 10.2. The number of alkyl carbamates (subject to hydrolysis) is 1. The summed E-state index contributed by atoms with van der Waals surface area (Å²) >= 11 is 0. The van der Waals surface area contributed by atoms with Crippen LogP contribution in [-0.4, -0.2) is 38.6 Å². The molecule has 7 heteroatoms.